The largest absolute Gasteiger partial charge is 0.319 e. The first-order chi connectivity index (χ1) is 11.7. The maximum atomic E-state index is 6.02. The van der Waals surface area contributed by atoms with Crippen molar-refractivity contribution < 1.29 is 0 Å². The van der Waals surface area contributed by atoms with E-state index in [2.05, 4.69) is 10.6 Å². The summed E-state index contributed by atoms with van der Waals surface area (Å²) in [7, 11) is 0. The molecule has 0 aliphatic heterocycles. The standard InChI is InChI=1S/C20H14Cl2N2/c21-16-9-5-14(6-10-16)13-24-19-4-2-1-3-18(19)23-20(24)15-7-11-17(22)12-8-15/h1-12H,13H2. The van der Waals surface area contributed by atoms with Crippen LogP contribution >= 0.6 is 23.2 Å². The third-order valence-electron chi connectivity index (χ3n) is 4.01. The molecule has 0 amide bonds. The first-order valence-corrected chi connectivity index (χ1v) is 8.42. The molecule has 1 aromatic heterocycles. The molecule has 118 valence electrons. The molecule has 4 aromatic rings. The van der Waals surface area contributed by atoms with E-state index in [1.165, 1.54) is 5.56 Å². The molecule has 0 saturated carbocycles. The Morgan fingerprint density at radius 1 is 0.750 bits per heavy atom. The van der Waals surface area contributed by atoms with Crippen molar-refractivity contribution in [2.75, 3.05) is 0 Å². The molecule has 0 aliphatic carbocycles. The molecule has 4 heteroatoms. The van der Waals surface area contributed by atoms with Crippen molar-refractivity contribution in [3.63, 3.8) is 0 Å². The van der Waals surface area contributed by atoms with Gasteiger partial charge in [-0.3, -0.25) is 0 Å². The highest BCUT2D eigenvalue weighted by atomic mass is 35.5. The molecule has 0 N–H and O–H groups in total. The Morgan fingerprint density at radius 3 is 2.08 bits per heavy atom. The van der Waals surface area contributed by atoms with E-state index in [1.54, 1.807) is 0 Å². The lowest BCUT2D eigenvalue weighted by molar-refractivity contribution is 0.834. The summed E-state index contributed by atoms with van der Waals surface area (Å²) in [6.45, 7) is 0.732. The lowest BCUT2D eigenvalue weighted by atomic mass is 10.2. The first kappa shape index (κ1) is 15.3. The molecular weight excluding hydrogens is 339 g/mol. The molecule has 1 heterocycles. The molecule has 0 aliphatic rings. The van der Waals surface area contributed by atoms with E-state index in [0.717, 1.165) is 39.0 Å². The Kier molecular flexibility index (Phi) is 4.01. The van der Waals surface area contributed by atoms with Crippen molar-refractivity contribution >= 4 is 34.2 Å². The summed E-state index contributed by atoms with van der Waals surface area (Å²) < 4.78 is 2.22. The number of rotatable bonds is 3. The molecule has 0 saturated heterocycles. The highest BCUT2D eigenvalue weighted by molar-refractivity contribution is 6.30. The number of aromatic nitrogens is 2. The van der Waals surface area contributed by atoms with Gasteiger partial charge in [-0.05, 0) is 54.1 Å². The topological polar surface area (TPSA) is 17.8 Å². The van der Waals surface area contributed by atoms with Gasteiger partial charge in [0.15, 0.2) is 0 Å². The minimum atomic E-state index is 0.721. The Hall–Kier alpha value is -2.29. The predicted molar refractivity (Wildman–Crippen MR) is 101 cm³/mol. The summed E-state index contributed by atoms with van der Waals surface area (Å²) >= 11 is 12.0. The summed E-state index contributed by atoms with van der Waals surface area (Å²) in [4.78, 5) is 4.82. The van der Waals surface area contributed by atoms with Crippen LogP contribution in [0.25, 0.3) is 22.4 Å². The molecule has 0 spiro atoms. The zero-order valence-corrected chi connectivity index (χ0v) is 14.3. The third kappa shape index (κ3) is 2.91. The molecule has 2 nitrogen and oxygen atoms in total. The van der Waals surface area contributed by atoms with Crippen LogP contribution in [0.1, 0.15) is 5.56 Å². The summed E-state index contributed by atoms with van der Waals surface area (Å²) in [6, 6.07) is 23.9. The fourth-order valence-corrected chi connectivity index (χ4v) is 3.08. The van der Waals surface area contributed by atoms with Crippen molar-refractivity contribution in [3.05, 3.63) is 88.4 Å². The molecule has 0 atom stereocenters. The highest BCUT2D eigenvalue weighted by Gasteiger charge is 2.12. The quantitative estimate of drug-likeness (QED) is 0.438. The Balaban J connectivity index is 1.86. The number of imidazole rings is 1. The number of benzene rings is 3. The van der Waals surface area contributed by atoms with E-state index >= 15 is 0 Å². The van der Waals surface area contributed by atoms with Gasteiger partial charge in [0.1, 0.15) is 5.82 Å². The second-order valence-corrected chi connectivity index (χ2v) is 6.52. The smallest absolute Gasteiger partial charge is 0.141 e. The van der Waals surface area contributed by atoms with Crippen LogP contribution in [0.5, 0.6) is 0 Å². The Bertz CT molecular complexity index is 987. The number of hydrogen-bond donors (Lipinski definition) is 0. The number of fused-ring (bicyclic) bond motifs is 1. The molecule has 0 unspecified atom stereocenters. The van der Waals surface area contributed by atoms with E-state index in [0.29, 0.717) is 0 Å². The van der Waals surface area contributed by atoms with Crippen LogP contribution in [0.2, 0.25) is 10.0 Å². The van der Waals surface area contributed by atoms with Gasteiger partial charge < -0.3 is 4.57 Å². The van der Waals surface area contributed by atoms with E-state index < -0.39 is 0 Å². The van der Waals surface area contributed by atoms with Gasteiger partial charge in [-0.25, -0.2) is 4.98 Å². The predicted octanol–water partition coefficient (Wildman–Crippen LogP) is 6.06. The van der Waals surface area contributed by atoms with Crippen LogP contribution in [0.3, 0.4) is 0 Å². The summed E-state index contributed by atoms with van der Waals surface area (Å²) in [5.41, 5.74) is 4.32. The SMILES string of the molecule is Clc1ccc(Cn2c(-c3ccc(Cl)cc3)nc3ccccc32)cc1. The van der Waals surface area contributed by atoms with Gasteiger partial charge in [0.05, 0.1) is 11.0 Å². The average molecular weight is 353 g/mol. The summed E-state index contributed by atoms with van der Waals surface area (Å²) in [6.07, 6.45) is 0. The lowest BCUT2D eigenvalue weighted by Gasteiger charge is -2.10. The van der Waals surface area contributed by atoms with E-state index in [9.17, 15) is 0 Å². The molecule has 0 fully saturated rings. The van der Waals surface area contributed by atoms with Crippen LogP contribution in [0.4, 0.5) is 0 Å². The molecule has 24 heavy (non-hydrogen) atoms. The lowest BCUT2D eigenvalue weighted by Crippen LogP contribution is -2.02. The Labute approximate surface area is 150 Å². The fraction of sp³-hybridized carbons (Fsp3) is 0.0500. The van der Waals surface area contributed by atoms with Crippen LogP contribution in [0.15, 0.2) is 72.8 Å². The van der Waals surface area contributed by atoms with E-state index in [-0.39, 0.29) is 0 Å². The second kappa shape index (κ2) is 6.31. The number of para-hydroxylation sites is 2. The molecular formula is C20H14Cl2N2. The average Bonchev–Trinajstić information content (AvgIpc) is 2.96. The van der Waals surface area contributed by atoms with Crippen LogP contribution < -0.4 is 0 Å². The van der Waals surface area contributed by atoms with Gasteiger partial charge in [0, 0.05) is 22.2 Å². The zero-order chi connectivity index (χ0) is 16.5. The number of hydrogen-bond acceptors (Lipinski definition) is 1. The van der Waals surface area contributed by atoms with Gasteiger partial charge in [0.2, 0.25) is 0 Å². The minimum Gasteiger partial charge on any atom is -0.319 e. The monoisotopic (exact) mass is 352 g/mol. The van der Waals surface area contributed by atoms with Gasteiger partial charge in [-0.15, -0.1) is 0 Å². The van der Waals surface area contributed by atoms with E-state index in [4.69, 9.17) is 28.2 Å². The molecule has 4 rings (SSSR count). The molecule has 3 aromatic carbocycles. The van der Waals surface area contributed by atoms with Crippen molar-refractivity contribution in [3.8, 4) is 11.4 Å². The maximum Gasteiger partial charge on any atom is 0.141 e. The summed E-state index contributed by atoms with van der Waals surface area (Å²) in [5.74, 6) is 0.933. The van der Waals surface area contributed by atoms with Gasteiger partial charge in [0.25, 0.3) is 0 Å². The van der Waals surface area contributed by atoms with Gasteiger partial charge in [-0.1, -0.05) is 47.5 Å². The van der Waals surface area contributed by atoms with Crippen molar-refractivity contribution in [2.24, 2.45) is 0 Å². The number of nitrogens with zero attached hydrogens (tertiary/aromatic N) is 2. The van der Waals surface area contributed by atoms with Crippen molar-refractivity contribution in [1.82, 2.24) is 9.55 Å². The van der Waals surface area contributed by atoms with Crippen LogP contribution in [-0.4, -0.2) is 9.55 Å². The zero-order valence-electron chi connectivity index (χ0n) is 12.8. The fourth-order valence-electron chi connectivity index (χ4n) is 2.83. The molecule has 0 bridgehead atoms. The Morgan fingerprint density at radius 2 is 1.38 bits per heavy atom. The minimum absolute atomic E-state index is 0.721. The van der Waals surface area contributed by atoms with Crippen molar-refractivity contribution in [2.45, 2.75) is 6.54 Å². The van der Waals surface area contributed by atoms with Crippen LogP contribution in [0, 0.1) is 0 Å². The summed E-state index contributed by atoms with van der Waals surface area (Å²) in [5, 5.41) is 1.46. The van der Waals surface area contributed by atoms with Crippen LogP contribution in [-0.2, 0) is 6.54 Å². The van der Waals surface area contributed by atoms with Crippen molar-refractivity contribution in [1.29, 1.82) is 0 Å². The third-order valence-corrected chi connectivity index (χ3v) is 4.51. The van der Waals surface area contributed by atoms with Gasteiger partial charge in [-0.2, -0.15) is 0 Å². The molecule has 0 radical (unpaired) electrons. The van der Waals surface area contributed by atoms with E-state index in [1.807, 2.05) is 66.7 Å². The first-order valence-electron chi connectivity index (χ1n) is 7.66. The normalized spacial score (nSPS) is 11.1. The van der Waals surface area contributed by atoms with Gasteiger partial charge >= 0.3 is 0 Å². The number of halogens is 2. The maximum absolute atomic E-state index is 6.02. The second-order valence-electron chi connectivity index (χ2n) is 5.64. The highest BCUT2D eigenvalue weighted by Crippen LogP contribution is 2.27.